The van der Waals surface area contributed by atoms with E-state index in [4.69, 9.17) is 9.47 Å². The standard InChI is InChI=1S/C20H25NO2/c1-22-18-10-6-16(7-11-18)20(21-14-4-3-5-15-21)17-8-12-19(23-2)13-9-17/h6-13,20H,3-5,14-15H2,1-2H3. The molecule has 122 valence electrons. The zero-order valence-electron chi connectivity index (χ0n) is 14.0. The van der Waals surface area contributed by atoms with E-state index in [9.17, 15) is 0 Å². The molecule has 2 aromatic rings. The van der Waals surface area contributed by atoms with Crippen LogP contribution in [0.3, 0.4) is 0 Å². The van der Waals surface area contributed by atoms with Crippen LogP contribution >= 0.6 is 0 Å². The number of nitrogens with zero attached hydrogens (tertiary/aromatic N) is 1. The average Bonchev–Trinajstić information content (AvgIpc) is 2.64. The molecule has 1 heterocycles. The van der Waals surface area contributed by atoms with Crippen molar-refractivity contribution in [3.05, 3.63) is 59.7 Å². The molecule has 2 aromatic carbocycles. The monoisotopic (exact) mass is 311 g/mol. The SMILES string of the molecule is COc1ccc(C(c2ccc(OC)cc2)N2CCCCC2)cc1. The van der Waals surface area contributed by atoms with E-state index >= 15 is 0 Å². The van der Waals surface area contributed by atoms with Crippen molar-refractivity contribution in [2.24, 2.45) is 0 Å². The number of piperidine rings is 1. The van der Waals surface area contributed by atoms with Gasteiger partial charge in [-0.15, -0.1) is 0 Å². The highest BCUT2D eigenvalue weighted by molar-refractivity contribution is 5.38. The molecule has 1 aliphatic heterocycles. The van der Waals surface area contributed by atoms with E-state index in [1.165, 1.54) is 30.4 Å². The smallest absolute Gasteiger partial charge is 0.118 e. The van der Waals surface area contributed by atoms with Gasteiger partial charge in [-0.1, -0.05) is 30.7 Å². The Bertz CT molecular complexity index is 553. The van der Waals surface area contributed by atoms with E-state index in [0.717, 1.165) is 24.6 Å². The highest BCUT2D eigenvalue weighted by Crippen LogP contribution is 2.32. The van der Waals surface area contributed by atoms with Crippen molar-refractivity contribution in [1.82, 2.24) is 4.90 Å². The lowest BCUT2D eigenvalue weighted by Crippen LogP contribution is -2.34. The summed E-state index contributed by atoms with van der Waals surface area (Å²) in [5, 5.41) is 0. The van der Waals surface area contributed by atoms with Gasteiger partial charge in [0.05, 0.1) is 20.3 Å². The Labute approximate surface area is 138 Å². The molecule has 3 nitrogen and oxygen atoms in total. The molecule has 0 aromatic heterocycles. The summed E-state index contributed by atoms with van der Waals surface area (Å²) >= 11 is 0. The molecule has 0 amide bonds. The molecule has 3 heteroatoms. The first-order valence-corrected chi connectivity index (χ1v) is 8.34. The van der Waals surface area contributed by atoms with Gasteiger partial charge in [-0.2, -0.15) is 0 Å². The summed E-state index contributed by atoms with van der Waals surface area (Å²) in [5.74, 6) is 1.81. The maximum absolute atomic E-state index is 5.30. The number of hydrogen-bond donors (Lipinski definition) is 0. The van der Waals surface area contributed by atoms with E-state index in [1.807, 2.05) is 0 Å². The van der Waals surface area contributed by atoms with E-state index in [0.29, 0.717) is 6.04 Å². The second kappa shape index (κ2) is 7.51. The lowest BCUT2D eigenvalue weighted by Gasteiger charge is -2.35. The minimum atomic E-state index is 0.298. The Morgan fingerprint density at radius 3 is 1.52 bits per heavy atom. The molecule has 0 radical (unpaired) electrons. The number of rotatable bonds is 5. The minimum Gasteiger partial charge on any atom is -0.497 e. The van der Waals surface area contributed by atoms with Crippen LogP contribution in [0.25, 0.3) is 0 Å². The third-order valence-corrected chi connectivity index (χ3v) is 4.62. The second-order valence-electron chi connectivity index (χ2n) is 6.05. The van der Waals surface area contributed by atoms with Crippen LogP contribution in [-0.4, -0.2) is 32.2 Å². The van der Waals surface area contributed by atoms with Gasteiger partial charge in [0, 0.05) is 0 Å². The van der Waals surface area contributed by atoms with Crippen molar-refractivity contribution in [3.8, 4) is 11.5 Å². The van der Waals surface area contributed by atoms with Crippen molar-refractivity contribution in [1.29, 1.82) is 0 Å². The van der Waals surface area contributed by atoms with Gasteiger partial charge in [0.2, 0.25) is 0 Å². The van der Waals surface area contributed by atoms with Crippen LogP contribution in [0.2, 0.25) is 0 Å². The van der Waals surface area contributed by atoms with Crippen LogP contribution in [0.5, 0.6) is 11.5 Å². The van der Waals surface area contributed by atoms with Crippen LogP contribution < -0.4 is 9.47 Å². The van der Waals surface area contributed by atoms with Crippen LogP contribution in [0, 0.1) is 0 Å². The van der Waals surface area contributed by atoms with Gasteiger partial charge in [-0.3, -0.25) is 4.90 Å². The van der Waals surface area contributed by atoms with Crippen molar-refractivity contribution in [3.63, 3.8) is 0 Å². The van der Waals surface area contributed by atoms with Crippen molar-refractivity contribution >= 4 is 0 Å². The Morgan fingerprint density at radius 2 is 1.13 bits per heavy atom. The quantitative estimate of drug-likeness (QED) is 0.822. The van der Waals surface area contributed by atoms with Crippen LogP contribution in [0.1, 0.15) is 36.4 Å². The molecule has 0 N–H and O–H groups in total. The molecule has 1 fully saturated rings. The number of hydrogen-bond acceptors (Lipinski definition) is 3. The predicted molar refractivity (Wildman–Crippen MR) is 93.3 cm³/mol. The summed E-state index contributed by atoms with van der Waals surface area (Å²) in [5.41, 5.74) is 2.63. The van der Waals surface area contributed by atoms with E-state index < -0.39 is 0 Å². The number of benzene rings is 2. The van der Waals surface area contributed by atoms with Crippen LogP contribution in [0.4, 0.5) is 0 Å². The van der Waals surface area contributed by atoms with Gasteiger partial charge in [0.1, 0.15) is 11.5 Å². The lowest BCUT2D eigenvalue weighted by molar-refractivity contribution is 0.187. The second-order valence-corrected chi connectivity index (χ2v) is 6.05. The molecule has 0 bridgehead atoms. The summed E-state index contributed by atoms with van der Waals surface area (Å²) in [6.07, 6.45) is 3.90. The Kier molecular flexibility index (Phi) is 5.19. The average molecular weight is 311 g/mol. The normalized spacial score (nSPS) is 15.6. The van der Waals surface area contributed by atoms with Gasteiger partial charge in [0.25, 0.3) is 0 Å². The molecule has 0 unspecified atom stereocenters. The van der Waals surface area contributed by atoms with Crippen LogP contribution in [0.15, 0.2) is 48.5 Å². The van der Waals surface area contributed by atoms with Crippen molar-refractivity contribution < 1.29 is 9.47 Å². The third kappa shape index (κ3) is 3.67. The summed E-state index contributed by atoms with van der Waals surface area (Å²) in [6, 6.07) is 17.2. The van der Waals surface area contributed by atoms with Gasteiger partial charge in [0.15, 0.2) is 0 Å². The number of ether oxygens (including phenoxy) is 2. The van der Waals surface area contributed by atoms with Gasteiger partial charge < -0.3 is 9.47 Å². The first-order chi connectivity index (χ1) is 11.3. The molecular weight excluding hydrogens is 286 g/mol. The van der Waals surface area contributed by atoms with E-state index in [2.05, 4.69) is 53.4 Å². The number of methoxy groups -OCH3 is 2. The molecular formula is C20H25NO2. The summed E-state index contributed by atoms with van der Waals surface area (Å²) in [6.45, 7) is 2.31. The first kappa shape index (κ1) is 15.9. The van der Waals surface area contributed by atoms with Crippen molar-refractivity contribution in [2.45, 2.75) is 25.3 Å². The molecule has 1 aliphatic rings. The maximum Gasteiger partial charge on any atom is 0.118 e. The molecule has 0 aliphatic carbocycles. The fourth-order valence-electron chi connectivity index (χ4n) is 3.36. The zero-order valence-corrected chi connectivity index (χ0v) is 14.0. The highest BCUT2D eigenvalue weighted by Gasteiger charge is 2.24. The Hall–Kier alpha value is -2.00. The zero-order chi connectivity index (χ0) is 16.1. The fourth-order valence-corrected chi connectivity index (χ4v) is 3.36. The van der Waals surface area contributed by atoms with Gasteiger partial charge in [-0.05, 0) is 61.3 Å². The van der Waals surface area contributed by atoms with Gasteiger partial charge in [-0.25, -0.2) is 0 Å². The lowest BCUT2D eigenvalue weighted by atomic mass is 9.95. The first-order valence-electron chi connectivity index (χ1n) is 8.34. The molecule has 23 heavy (non-hydrogen) atoms. The van der Waals surface area contributed by atoms with E-state index in [1.54, 1.807) is 14.2 Å². The maximum atomic E-state index is 5.30. The summed E-state index contributed by atoms with van der Waals surface area (Å²) in [4.78, 5) is 2.59. The third-order valence-electron chi connectivity index (χ3n) is 4.62. The molecule has 1 saturated heterocycles. The Morgan fingerprint density at radius 1 is 0.696 bits per heavy atom. The van der Waals surface area contributed by atoms with Crippen molar-refractivity contribution in [2.75, 3.05) is 27.3 Å². The predicted octanol–water partition coefficient (Wildman–Crippen LogP) is 4.28. The summed E-state index contributed by atoms with van der Waals surface area (Å²) in [7, 11) is 3.42. The van der Waals surface area contributed by atoms with Gasteiger partial charge >= 0.3 is 0 Å². The molecule has 3 rings (SSSR count). The Balaban J connectivity index is 1.93. The minimum absolute atomic E-state index is 0.298. The molecule has 0 atom stereocenters. The topological polar surface area (TPSA) is 21.7 Å². The summed E-state index contributed by atoms with van der Waals surface area (Å²) < 4.78 is 10.6. The van der Waals surface area contributed by atoms with Crippen LogP contribution in [-0.2, 0) is 0 Å². The number of likely N-dealkylation sites (tertiary alicyclic amines) is 1. The molecule has 0 spiro atoms. The van der Waals surface area contributed by atoms with E-state index in [-0.39, 0.29) is 0 Å². The fraction of sp³-hybridized carbons (Fsp3) is 0.400. The molecule has 0 saturated carbocycles. The largest absolute Gasteiger partial charge is 0.497 e. The highest BCUT2D eigenvalue weighted by atomic mass is 16.5.